The molecule has 0 saturated heterocycles. The molecule has 32 heavy (non-hydrogen) atoms. The number of methoxy groups -OCH3 is 2. The molecule has 0 bridgehead atoms. The molecule has 0 spiro atoms. The summed E-state index contributed by atoms with van der Waals surface area (Å²) in [7, 11) is -1.29. The molecule has 7 nitrogen and oxygen atoms in total. The van der Waals surface area contributed by atoms with Gasteiger partial charge >= 0.3 is 11.9 Å². The number of hydrogen-bond donors (Lipinski definition) is 0. The second-order valence-electron chi connectivity index (χ2n) is 8.15. The highest BCUT2D eigenvalue weighted by molar-refractivity contribution is 7.92. The smallest absolute Gasteiger partial charge is 0.323 e. The second-order valence-corrected chi connectivity index (χ2v) is 10.0. The summed E-state index contributed by atoms with van der Waals surface area (Å²) < 4.78 is 38.3. The third kappa shape index (κ3) is 3.39. The summed E-state index contributed by atoms with van der Waals surface area (Å²) in [5.41, 5.74) is 2.37. The average molecular weight is 456 g/mol. The maximum Gasteiger partial charge on any atom is 0.323 e. The van der Waals surface area contributed by atoms with E-state index in [0.29, 0.717) is 17.7 Å². The number of nitrogens with zero attached hydrogens (tertiary/aromatic N) is 1. The molecule has 0 fully saturated rings. The fourth-order valence-corrected chi connectivity index (χ4v) is 6.03. The maximum absolute atomic E-state index is 13.5. The molecule has 0 aromatic heterocycles. The van der Waals surface area contributed by atoms with Gasteiger partial charge in [0.1, 0.15) is 0 Å². The lowest BCUT2D eigenvalue weighted by Gasteiger charge is -2.30. The highest BCUT2D eigenvalue weighted by Crippen LogP contribution is 2.46. The number of aryl methyl sites for hydroxylation is 1. The zero-order chi connectivity index (χ0) is 23.1. The first-order valence-corrected chi connectivity index (χ1v) is 11.8. The van der Waals surface area contributed by atoms with Crippen LogP contribution in [-0.2, 0) is 35.5 Å². The molecular formula is C24H25NO6S. The van der Waals surface area contributed by atoms with Crippen LogP contribution in [0.4, 0.5) is 5.69 Å². The summed E-state index contributed by atoms with van der Waals surface area (Å²) in [4.78, 5) is 25.7. The summed E-state index contributed by atoms with van der Waals surface area (Å²) in [5.74, 6) is -1.30. The van der Waals surface area contributed by atoms with E-state index in [4.69, 9.17) is 9.47 Å². The first-order valence-electron chi connectivity index (χ1n) is 10.3. The number of hydrogen-bond acceptors (Lipinski definition) is 6. The zero-order valence-corrected chi connectivity index (χ0v) is 19.1. The fourth-order valence-electron chi connectivity index (χ4n) is 4.58. The van der Waals surface area contributed by atoms with Gasteiger partial charge in [-0.05, 0) is 55.5 Å². The van der Waals surface area contributed by atoms with Crippen molar-refractivity contribution in [3.63, 3.8) is 0 Å². The Morgan fingerprint density at radius 2 is 1.66 bits per heavy atom. The standard InChI is InChI=1S/C24H25NO6S/c1-16-9-11-19(12-10-16)32(28,29)25-15-18-7-5-13-24(22(26)30-2,23(27)31-3)14-17-6-4-8-20(25)21(17)18/h4,6-12H,5,13-15H2,1-3H3/b18-7-. The average Bonchev–Trinajstić information content (AvgIpc) is 3.16. The number of rotatable bonds is 4. The van der Waals surface area contributed by atoms with E-state index in [9.17, 15) is 18.0 Å². The number of carbonyl (C=O) groups excluding carboxylic acids is 2. The molecule has 0 saturated carbocycles. The van der Waals surface area contributed by atoms with Crippen molar-refractivity contribution in [2.75, 3.05) is 25.1 Å². The summed E-state index contributed by atoms with van der Waals surface area (Å²) in [6.07, 6.45) is 2.61. The van der Waals surface area contributed by atoms with Crippen molar-refractivity contribution < 1.29 is 27.5 Å². The van der Waals surface area contributed by atoms with Gasteiger partial charge in [0.2, 0.25) is 0 Å². The van der Waals surface area contributed by atoms with Crippen LogP contribution in [-0.4, -0.2) is 41.1 Å². The predicted octanol–water partition coefficient (Wildman–Crippen LogP) is 3.26. The van der Waals surface area contributed by atoms with Gasteiger partial charge in [0, 0.05) is 5.56 Å². The van der Waals surface area contributed by atoms with E-state index in [0.717, 1.165) is 16.7 Å². The molecule has 168 valence electrons. The van der Waals surface area contributed by atoms with Crippen LogP contribution >= 0.6 is 0 Å². The van der Waals surface area contributed by atoms with Crippen LogP contribution in [0.1, 0.15) is 29.5 Å². The Kier molecular flexibility index (Phi) is 5.58. The Morgan fingerprint density at radius 1 is 1.00 bits per heavy atom. The van der Waals surface area contributed by atoms with Gasteiger partial charge in [-0.25, -0.2) is 8.42 Å². The number of ether oxygens (including phenoxy) is 2. The van der Waals surface area contributed by atoms with Gasteiger partial charge in [0.05, 0.1) is 31.3 Å². The molecule has 4 rings (SSSR count). The Morgan fingerprint density at radius 3 is 2.28 bits per heavy atom. The number of benzene rings is 2. The van der Waals surface area contributed by atoms with Crippen molar-refractivity contribution in [3.05, 3.63) is 65.2 Å². The van der Waals surface area contributed by atoms with Gasteiger partial charge in [0.25, 0.3) is 10.0 Å². The van der Waals surface area contributed by atoms with Gasteiger partial charge in [0.15, 0.2) is 5.41 Å². The summed E-state index contributed by atoms with van der Waals surface area (Å²) >= 11 is 0. The number of carbonyl (C=O) groups is 2. The lowest BCUT2D eigenvalue weighted by Crippen LogP contribution is -2.43. The van der Waals surface area contributed by atoms with Gasteiger partial charge in [-0.15, -0.1) is 0 Å². The topological polar surface area (TPSA) is 90.0 Å². The normalized spacial score (nSPS) is 18.6. The molecule has 1 heterocycles. The lowest BCUT2D eigenvalue weighted by atomic mass is 9.74. The lowest BCUT2D eigenvalue weighted by molar-refractivity contribution is -0.169. The van der Waals surface area contributed by atoms with Crippen LogP contribution in [0.5, 0.6) is 0 Å². The summed E-state index contributed by atoms with van der Waals surface area (Å²) in [6, 6.07) is 12.1. The SMILES string of the molecule is COC(=O)C1(C(=O)OC)CC/C=C2/CN(S(=O)(=O)c3ccc(C)cc3)c3cccc(c32)C1. The minimum atomic E-state index is -3.79. The van der Waals surface area contributed by atoms with Crippen molar-refractivity contribution in [2.24, 2.45) is 5.41 Å². The molecule has 0 atom stereocenters. The second kappa shape index (κ2) is 8.09. The highest BCUT2D eigenvalue weighted by Gasteiger charge is 2.49. The summed E-state index contributed by atoms with van der Waals surface area (Å²) in [6.45, 7) is 2.10. The molecular weight excluding hydrogens is 430 g/mol. The molecule has 0 amide bonds. The monoisotopic (exact) mass is 455 g/mol. The van der Waals surface area contributed by atoms with Crippen LogP contribution in [0, 0.1) is 12.3 Å². The van der Waals surface area contributed by atoms with Crippen molar-refractivity contribution in [1.82, 2.24) is 0 Å². The Hall–Kier alpha value is -3.13. The third-order valence-electron chi connectivity index (χ3n) is 6.25. The molecule has 1 aliphatic carbocycles. The number of anilines is 1. The minimum Gasteiger partial charge on any atom is -0.468 e. The van der Waals surface area contributed by atoms with Crippen LogP contribution in [0.15, 0.2) is 53.4 Å². The summed E-state index contributed by atoms with van der Waals surface area (Å²) in [5, 5.41) is 0. The number of allylic oxidation sites excluding steroid dienone is 1. The molecule has 2 aliphatic rings. The van der Waals surface area contributed by atoms with E-state index in [-0.39, 0.29) is 24.3 Å². The molecule has 0 radical (unpaired) electrons. The van der Waals surface area contributed by atoms with Gasteiger partial charge in [-0.1, -0.05) is 35.9 Å². The maximum atomic E-state index is 13.5. The van der Waals surface area contributed by atoms with Crippen molar-refractivity contribution in [1.29, 1.82) is 0 Å². The van der Waals surface area contributed by atoms with E-state index in [2.05, 4.69) is 0 Å². The first kappa shape index (κ1) is 22.1. The Balaban J connectivity index is 1.84. The fraction of sp³-hybridized carbons (Fsp3) is 0.333. The van der Waals surface area contributed by atoms with Crippen LogP contribution in [0.25, 0.3) is 5.57 Å². The van der Waals surface area contributed by atoms with Gasteiger partial charge in [-0.2, -0.15) is 0 Å². The number of sulfonamides is 1. The molecule has 2 aromatic rings. The Bertz CT molecular complexity index is 1200. The quantitative estimate of drug-likeness (QED) is 0.519. The van der Waals surface area contributed by atoms with Crippen LogP contribution in [0.3, 0.4) is 0 Å². The highest BCUT2D eigenvalue weighted by atomic mass is 32.2. The van der Waals surface area contributed by atoms with E-state index in [1.165, 1.54) is 18.5 Å². The third-order valence-corrected chi connectivity index (χ3v) is 8.02. The molecule has 2 aromatic carbocycles. The predicted molar refractivity (Wildman–Crippen MR) is 120 cm³/mol. The van der Waals surface area contributed by atoms with Crippen LogP contribution < -0.4 is 4.31 Å². The van der Waals surface area contributed by atoms with E-state index >= 15 is 0 Å². The van der Waals surface area contributed by atoms with Crippen LogP contribution in [0.2, 0.25) is 0 Å². The van der Waals surface area contributed by atoms with E-state index < -0.39 is 27.4 Å². The van der Waals surface area contributed by atoms with E-state index in [1.54, 1.807) is 36.4 Å². The minimum absolute atomic E-state index is 0.0747. The molecule has 8 heteroatoms. The Labute approximate surface area is 187 Å². The zero-order valence-electron chi connectivity index (χ0n) is 18.3. The number of esters is 2. The largest absolute Gasteiger partial charge is 0.468 e. The van der Waals surface area contributed by atoms with Gasteiger partial charge in [-0.3, -0.25) is 13.9 Å². The van der Waals surface area contributed by atoms with E-state index in [1.807, 2.05) is 19.1 Å². The van der Waals surface area contributed by atoms with Crippen molar-refractivity contribution >= 4 is 33.2 Å². The molecule has 0 unspecified atom stereocenters. The molecule has 0 N–H and O–H groups in total. The van der Waals surface area contributed by atoms with Crippen molar-refractivity contribution in [3.8, 4) is 0 Å². The first-order chi connectivity index (χ1) is 15.2. The molecule has 1 aliphatic heterocycles. The van der Waals surface area contributed by atoms with Crippen molar-refractivity contribution in [2.45, 2.75) is 31.1 Å². The van der Waals surface area contributed by atoms with Gasteiger partial charge < -0.3 is 9.47 Å².